The zero-order valence-electron chi connectivity index (χ0n) is 20.8. The lowest BCUT2D eigenvalue weighted by Crippen LogP contribution is -2.39. The van der Waals surface area contributed by atoms with E-state index in [2.05, 4.69) is 23.2 Å². The first-order chi connectivity index (χ1) is 17.9. The van der Waals surface area contributed by atoms with Crippen LogP contribution in [0.15, 0.2) is 83.6 Å². The topological polar surface area (TPSA) is 92.2 Å². The van der Waals surface area contributed by atoms with Crippen LogP contribution in [0, 0.1) is 25.2 Å². The lowest BCUT2D eigenvalue weighted by Gasteiger charge is -2.40. The second-order valence-corrected chi connectivity index (χ2v) is 9.79. The molecule has 2 aliphatic rings. The average Bonchev–Trinajstić information content (AvgIpc) is 2.90. The summed E-state index contributed by atoms with van der Waals surface area (Å²) in [5, 5.41) is 10.9. The Balaban J connectivity index is 1.64. The van der Waals surface area contributed by atoms with Crippen LogP contribution < -0.4 is 15.4 Å². The molecule has 6 nitrogen and oxygen atoms in total. The molecule has 37 heavy (non-hydrogen) atoms. The number of hydrogen-bond acceptors (Lipinski definition) is 6. The van der Waals surface area contributed by atoms with Crippen LogP contribution in [0.5, 0.6) is 5.75 Å². The van der Waals surface area contributed by atoms with Crippen LogP contribution in [0.3, 0.4) is 0 Å². The van der Waals surface area contributed by atoms with E-state index in [0.717, 1.165) is 40.1 Å². The summed E-state index contributed by atoms with van der Waals surface area (Å²) >= 11 is 6.29. The quantitative estimate of drug-likeness (QED) is 0.437. The van der Waals surface area contributed by atoms with Gasteiger partial charge in [-0.1, -0.05) is 41.4 Å². The highest BCUT2D eigenvalue weighted by Gasteiger charge is 2.41. The average molecular weight is 511 g/mol. The van der Waals surface area contributed by atoms with Crippen LogP contribution >= 0.6 is 11.6 Å². The highest BCUT2D eigenvalue weighted by Crippen LogP contribution is 2.47. The first-order valence-corrected chi connectivity index (χ1v) is 12.6. The maximum atomic E-state index is 13.5. The minimum Gasteiger partial charge on any atom is -0.487 e. The Kier molecular flexibility index (Phi) is 6.73. The van der Waals surface area contributed by atoms with Crippen molar-refractivity contribution in [2.45, 2.75) is 45.6 Å². The molecule has 1 aliphatic heterocycles. The number of allylic oxidation sites excluding steroid dienone is 3. The van der Waals surface area contributed by atoms with Crippen molar-refractivity contribution in [1.82, 2.24) is 4.98 Å². The summed E-state index contributed by atoms with van der Waals surface area (Å²) < 4.78 is 6.05. The number of nitriles is 1. The number of rotatable bonds is 5. The van der Waals surface area contributed by atoms with E-state index in [1.165, 1.54) is 0 Å². The summed E-state index contributed by atoms with van der Waals surface area (Å²) in [5.74, 6) is 0.448. The van der Waals surface area contributed by atoms with Gasteiger partial charge in [0.2, 0.25) is 0 Å². The largest absolute Gasteiger partial charge is 0.487 e. The number of hydrogen-bond donors (Lipinski definition) is 1. The molecule has 1 atom stereocenters. The summed E-state index contributed by atoms with van der Waals surface area (Å²) in [4.78, 5) is 19.5. The first-order valence-electron chi connectivity index (χ1n) is 12.2. The van der Waals surface area contributed by atoms with Crippen molar-refractivity contribution in [1.29, 1.82) is 5.26 Å². The van der Waals surface area contributed by atoms with E-state index in [9.17, 15) is 10.1 Å². The summed E-state index contributed by atoms with van der Waals surface area (Å²) in [6.45, 7) is 4.32. The molecule has 2 N–H and O–H groups in total. The molecule has 0 fully saturated rings. The zero-order chi connectivity index (χ0) is 26.1. The molecule has 1 aliphatic carbocycles. The summed E-state index contributed by atoms with van der Waals surface area (Å²) in [6, 6.07) is 17.5. The third-order valence-electron chi connectivity index (χ3n) is 7.05. The monoisotopic (exact) mass is 510 g/mol. The van der Waals surface area contributed by atoms with E-state index < -0.39 is 5.92 Å². The molecule has 7 heteroatoms. The van der Waals surface area contributed by atoms with Crippen molar-refractivity contribution < 1.29 is 9.53 Å². The molecular formula is C30H27ClN4O2. The van der Waals surface area contributed by atoms with Gasteiger partial charge in [-0.25, -0.2) is 0 Å². The third-order valence-corrected chi connectivity index (χ3v) is 7.36. The number of ketones is 1. The molecule has 0 saturated carbocycles. The molecule has 0 saturated heterocycles. The van der Waals surface area contributed by atoms with Crippen LogP contribution in [-0.4, -0.2) is 10.8 Å². The molecule has 1 aromatic heterocycles. The number of anilines is 1. The van der Waals surface area contributed by atoms with Crippen molar-refractivity contribution in [3.05, 3.63) is 111 Å². The number of carbonyl (C=O) groups is 1. The van der Waals surface area contributed by atoms with Crippen LogP contribution in [0.1, 0.15) is 47.4 Å². The number of aryl methyl sites for hydroxylation is 1. The van der Waals surface area contributed by atoms with E-state index >= 15 is 0 Å². The summed E-state index contributed by atoms with van der Waals surface area (Å²) in [7, 11) is 0. The fraction of sp³-hybridized carbons (Fsp3) is 0.233. The molecule has 2 heterocycles. The van der Waals surface area contributed by atoms with E-state index in [-0.39, 0.29) is 5.78 Å². The number of para-hydroxylation sites is 1. The van der Waals surface area contributed by atoms with Gasteiger partial charge < -0.3 is 10.5 Å². The molecule has 0 amide bonds. The van der Waals surface area contributed by atoms with E-state index in [1.54, 1.807) is 18.5 Å². The van der Waals surface area contributed by atoms with Crippen molar-refractivity contribution in [2.24, 2.45) is 5.73 Å². The zero-order valence-corrected chi connectivity index (χ0v) is 21.5. The van der Waals surface area contributed by atoms with Gasteiger partial charge in [0, 0.05) is 23.9 Å². The number of nitrogens with zero attached hydrogens (tertiary/aromatic N) is 3. The van der Waals surface area contributed by atoms with Gasteiger partial charge in [0.15, 0.2) is 5.78 Å². The van der Waals surface area contributed by atoms with Crippen molar-refractivity contribution in [3.8, 4) is 11.8 Å². The number of benzene rings is 2. The number of aromatic nitrogens is 1. The maximum Gasteiger partial charge on any atom is 0.161 e. The first kappa shape index (κ1) is 24.6. The van der Waals surface area contributed by atoms with Gasteiger partial charge in [-0.05, 0) is 67.6 Å². The van der Waals surface area contributed by atoms with Gasteiger partial charge >= 0.3 is 0 Å². The van der Waals surface area contributed by atoms with Gasteiger partial charge in [-0.15, -0.1) is 0 Å². The summed E-state index contributed by atoms with van der Waals surface area (Å²) in [5.41, 5.74) is 13.1. The van der Waals surface area contributed by atoms with E-state index in [1.807, 2.05) is 49.1 Å². The molecular weight excluding hydrogens is 484 g/mol. The smallest absolute Gasteiger partial charge is 0.161 e. The lowest BCUT2D eigenvalue weighted by molar-refractivity contribution is -0.116. The van der Waals surface area contributed by atoms with Crippen molar-refractivity contribution in [2.75, 3.05) is 4.90 Å². The molecule has 0 bridgehead atoms. The van der Waals surface area contributed by atoms with Crippen LogP contribution in [-0.2, 0) is 11.4 Å². The minimum absolute atomic E-state index is 0.0511. The predicted octanol–water partition coefficient (Wildman–Crippen LogP) is 6.24. The van der Waals surface area contributed by atoms with Gasteiger partial charge in [0.05, 0.1) is 34.5 Å². The number of Topliss-reactive ketones (excluding diaryl/α,β-unsaturated/α-hetero) is 1. The third kappa shape index (κ3) is 4.47. The Hall–Kier alpha value is -4.08. The standard InChI is InChI=1S/C30H27ClN4O2/c1-18-13-20(17-37-27-11-4-3-8-24(27)31)19(2)22(14-18)28-23(15-32)30(33)35(21-7-6-12-34-16-21)25-9-5-10-26(36)29(25)28/h3-4,6-8,11-14,16,28H,5,9-10,17,33H2,1-2H3. The second-order valence-electron chi connectivity index (χ2n) is 9.38. The van der Waals surface area contributed by atoms with Gasteiger partial charge in [-0.2, -0.15) is 5.26 Å². The minimum atomic E-state index is -0.542. The number of ether oxygens (including phenoxy) is 1. The highest BCUT2D eigenvalue weighted by molar-refractivity contribution is 6.32. The van der Waals surface area contributed by atoms with Crippen molar-refractivity contribution in [3.63, 3.8) is 0 Å². The lowest BCUT2D eigenvalue weighted by atomic mass is 9.73. The van der Waals surface area contributed by atoms with E-state index in [4.69, 9.17) is 22.1 Å². The Bertz CT molecular complexity index is 1490. The van der Waals surface area contributed by atoms with Crippen LogP contribution in [0.25, 0.3) is 0 Å². The number of nitrogens with two attached hydrogens (primary N) is 1. The molecule has 0 radical (unpaired) electrons. The van der Waals surface area contributed by atoms with Gasteiger partial charge in [-0.3, -0.25) is 14.7 Å². The maximum absolute atomic E-state index is 13.5. The molecule has 2 aromatic carbocycles. The molecule has 1 unspecified atom stereocenters. The van der Waals surface area contributed by atoms with Gasteiger partial charge in [0.25, 0.3) is 0 Å². The Labute approximate surface area is 221 Å². The Morgan fingerprint density at radius 2 is 2.00 bits per heavy atom. The molecule has 3 aromatic rings. The molecule has 5 rings (SSSR count). The van der Waals surface area contributed by atoms with Crippen LogP contribution in [0.4, 0.5) is 5.69 Å². The number of carbonyl (C=O) groups excluding carboxylic acids is 1. The van der Waals surface area contributed by atoms with Crippen molar-refractivity contribution >= 4 is 23.1 Å². The highest BCUT2D eigenvalue weighted by atomic mass is 35.5. The number of pyridine rings is 1. The normalized spacial score (nSPS) is 17.5. The second kappa shape index (κ2) is 10.1. The van der Waals surface area contributed by atoms with E-state index in [0.29, 0.717) is 47.2 Å². The molecule has 0 spiro atoms. The number of halogens is 1. The predicted molar refractivity (Wildman–Crippen MR) is 144 cm³/mol. The SMILES string of the molecule is Cc1cc(COc2ccccc2Cl)c(C)c(C2C(C#N)=C(N)N(c3cccnc3)C3=C2C(=O)CCC3)c1. The Morgan fingerprint density at radius 3 is 2.73 bits per heavy atom. The van der Waals surface area contributed by atoms with Crippen LogP contribution in [0.2, 0.25) is 5.02 Å². The molecule has 186 valence electrons. The van der Waals surface area contributed by atoms with Gasteiger partial charge in [0.1, 0.15) is 18.2 Å². The Morgan fingerprint density at radius 1 is 1.19 bits per heavy atom. The summed E-state index contributed by atoms with van der Waals surface area (Å²) in [6.07, 6.45) is 5.26. The fourth-order valence-corrected chi connectivity index (χ4v) is 5.50. The fourth-order valence-electron chi connectivity index (χ4n) is 5.31.